The molecule has 0 aromatic heterocycles. The van der Waals surface area contributed by atoms with Crippen LogP contribution in [0.15, 0.2) is 0 Å². The van der Waals surface area contributed by atoms with Crippen molar-refractivity contribution in [1.82, 2.24) is 0 Å². The van der Waals surface area contributed by atoms with Gasteiger partial charge in [0.25, 0.3) is 0 Å². The van der Waals surface area contributed by atoms with E-state index in [0.717, 1.165) is 24.2 Å². The van der Waals surface area contributed by atoms with Crippen molar-refractivity contribution in [3.05, 3.63) is 0 Å². The van der Waals surface area contributed by atoms with Crippen LogP contribution in [0.5, 0.6) is 0 Å². The fraction of sp³-hybridized carbons (Fsp3) is 1.00. The number of fused-ring (bicyclic) bond motifs is 1. The molecule has 0 heterocycles. The van der Waals surface area contributed by atoms with Gasteiger partial charge in [-0.05, 0) is 60.7 Å². The maximum Gasteiger partial charge on any atom is 0.0433 e. The third-order valence-corrected chi connectivity index (χ3v) is 6.48. The fourth-order valence-corrected chi connectivity index (χ4v) is 5.64. The summed E-state index contributed by atoms with van der Waals surface area (Å²) in [6, 6.07) is 0. The lowest BCUT2D eigenvalue weighted by Crippen LogP contribution is -2.51. The van der Waals surface area contributed by atoms with Gasteiger partial charge in [0, 0.05) is 6.61 Å². The van der Waals surface area contributed by atoms with E-state index in [-0.39, 0.29) is 0 Å². The van der Waals surface area contributed by atoms with Crippen molar-refractivity contribution in [1.29, 1.82) is 0 Å². The van der Waals surface area contributed by atoms with Gasteiger partial charge in [-0.1, -0.05) is 40.5 Å². The molecular weight excluding hydrogens is 220 g/mol. The molecule has 2 fully saturated rings. The fourth-order valence-electron chi connectivity index (χ4n) is 5.64. The van der Waals surface area contributed by atoms with Gasteiger partial charge in [0.2, 0.25) is 0 Å². The maximum absolute atomic E-state index is 9.47. The van der Waals surface area contributed by atoms with Crippen LogP contribution in [-0.4, -0.2) is 11.7 Å². The Morgan fingerprint density at radius 2 is 1.83 bits per heavy atom. The van der Waals surface area contributed by atoms with E-state index in [1.165, 1.54) is 38.5 Å². The third kappa shape index (κ3) is 2.24. The zero-order valence-corrected chi connectivity index (χ0v) is 12.8. The van der Waals surface area contributed by atoms with Crippen LogP contribution in [0.2, 0.25) is 0 Å². The van der Waals surface area contributed by atoms with Crippen LogP contribution in [0.3, 0.4) is 0 Å². The molecule has 0 aromatic carbocycles. The van der Waals surface area contributed by atoms with Gasteiger partial charge in [0.15, 0.2) is 0 Å². The molecule has 2 rings (SSSR count). The van der Waals surface area contributed by atoms with Crippen LogP contribution in [0, 0.1) is 28.6 Å². The lowest BCUT2D eigenvalue weighted by molar-refractivity contribution is -0.103. The van der Waals surface area contributed by atoms with Crippen molar-refractivity contribution in [3.63, 3.8) is 0 Å². The number of hydrogen-bond donors (Lipinski definition) is 1. The van der Waals surface area contributed by atoms with E-state index in [1.807, 2.05) is 0 Å². The molecule has 0 amide bonds. The van der Waals surface area contributed by atoms with Gasteiger partial charge in [-0.25, -0.2) is 0 Å². The van der Waals surface area contributed by atoms with E-state index >= 15 is 0 Å². The van der Waals surface area contributed by atoms with Crippen LogP contribution in [-0.2, 0) is 0 Å². The Kier molecular flexibility index (Phi) is 4.11. The van der Waals surface area contributed by atoms with Gasteiger partial charge < -0.3 is 5.11 Å². The molecule has 0 radical (unpaired) electrons. The molecule has 1 nitrogen and oxygen atoms in total. The summed E-state index contributed by atoms with van der Waals surface area (Å²) in [5, 5.41) is 9.47. The van der Waals surface area contributed by atoms with Crippen molar-refractivity contribution in [2.75, 3.05) is 6.61 Å². The standard InChI is InChI=1S/C17H32O/c1-5-13-7-8-15-16(2,3)10-6-11-17(15,4)14(13)9-12-18/h13-15,18H,5-12H2,1-4H3/t13-,14-,15?,17+/m0/s1. The summed E-state index contributed by atoms with van der Waals surface area (Å²) in [4.78, 5) is 0. The molecule has 0 aromatic rings. The molecule has 0 saturated heterocycles. The van der Waals surface area contributed by atoms with Crippen molar-refractivity contribution in [2.24, 2.45) is 28.6 Å². The second kappa shape index (κ2) is 5.15. The average Bonchev–Trinajstić information content (AvgIpc) is 2.30. The second-order valence-corrected chi connectivity index (χ2v) is 7.76. The Morgan fingerprint density at radius 1 is 1.11 bits per heavy atom. The summed E-state index contributed by atoms with van der Waals surface area (Å²) in [6.45, 7) is 10.2. The van der Waals surface area contributed by atoms with Gasteiger partial charge in [-0.15, -0.1) is 0 Å². The first-order valence-electron chi connectivity index (χ1n) is 8.06. The van der Waals surface area contributed by atoms with Gasteiger partial charge >= 0.3 is 0 Å². The van der Waals surface area contributed by atoms with Crippen molar-refractivity contribution in [2.45, 2.75) is 72.6 Å². The molecule has 0 bridgehead atoms. The maximum atomic E-state index is 9.47. The summed E-state index contributed by atoms with van der Waals surface area (Å²) in [5.41, 5.74) is 1.00. The Morgan fingerprint density at radius 3 is 2.44 bits per heavy atom. The number of aliphatic hydroxyl groups excluding tert-OH is 1. The van der Waals surface area contributed by atoms with E-state index in [2.05, 4.69) is 27.7 Å². The highest BCUT2D eigenvalue weighted by atomic mass is 16.3. The summed E-state index contributed by atoms with van der Waals surface area (Å²) in [7, 11) is 0. The Labute approximate surface area is 113 Å². The second-order valence-electron chi connectivity index (χ2n) is 7.76. The van der Waals surface area contributed by atoms with Crippen LogP contribution < -0.4 is 0 Å². The SMILES string of the molecule is CC[C@H]1CCC2C(C)(C)CCC[C@]2(C)[C@H]1CCO. The summed E-state index contributed by atoms with van der Waals surface area (Å²) in [5.74, 6) is 2.48. The van der Waals surface area contributed by atoms with Gasteiger partial charge in [0.1, 0.15) is 0 Å². The lowest BCUT2D eigenvalue weighted by atomic mass is 9.46. The Hall–Kier alpha value is -0.0400. The normalized spacial score (nSPS) is 43.5. The first-order chi connectivity index (χ1) is 8.45. The van der Waals surface area contributed by atoms with Crippen LogP contribution in [0.1, 0.15) is 72.6 Å². The Bertz CT molecular complexity index is 283. The molecule has 0 spiro atoms. The summed E-state index contributed by atoms with van der Waals surface area (Å²) >= 11 is 0. The molecule has 18 heavy (non-hydrogen) atoms. The van der Waals surface area contributed by atoms with E-state index in [0.29, 0.717) is 17.4 Å². The number of aliphatic hydroxyl groups is 1. The van der Waals surface area contributed by atoms with Crippen LogP contribution in [0.25, 0.3) is 0 Å². The number of rotatable bonds is 3. The molecule has 1 heteroatoms. The van der Waals surface area contributed by atoms with Crippen molar-refractivity contribution < 1.29 is 5.11 Å². The molecule has 4 atom stereocenters. The predicted octanol–water partition coefficient (Wildman–Crippen LogP) is 4.64. The van der Waals surface area contributed by atoms with Crippen LogP contribution >= 0.6 is 0 Å². The highest BCUT2D eigenvalue weighted by molar-refractivity contribution is 5.03. The smallest absolute Gasteiger partial charge is 0.0433 e. The summed E-state index contributed by atoms with van der Waals surface area (Å²) < 4.78 is 0. The molecule has 1 unspecified atom stereocenters. The van der Waals surface area contributed by atoms with Crippen molar-refractivity contribution >= 4 is 0 Å². The minimum Gasteiger partial charge on any atom is -0.396 e. The average molecular weight is 252 g/mol. The van der Waals surface area contributed by atoms with Gasteiger partial charge in [-0.2, -0.15) is 0 Å². The molecule has 0 aliphatic heterocycles. The zero-order chi connectivity index (χ0) is 13.4. The first-order valence-corrected chi connectivity index (χ1v) is 8.06. The summed E-state index contributed by atoms with van der Waals surface area (Å²) in [6.07, 6.45) is 9.32. The Balaban J connectivity index is 2.28. The van der Waals surface area contributed by atoms with Crippen molar-refractivity contribution in [3.8, 4) is 0 Å². The minimum absolute atomic E-state index is 0.379. The predicted molar refractivity (Wildman–Crippen MR) is 77.4 cm³/mol. The van der Waals surface area contributed by atoms with E-state index in [1.54, 1.807) is 0 Å². The third-order valence-electron chi connectivity index (χ3n) is 6.48. The highest BCUT2D eigenvalue weighted by Gasteiger charge is 2.53. The monoisotopic (exact) mass is 252 g/mol. The highest BCUT2D eigenvalue weighted by Crippen LogP contribution is 2.62. The largest absolute Gasteiger partial charge is 0.396 e. The van der Waals surface area contributed by atoms with E-state index in [4.69, 9.17) is 0 Å². The molecule has 2 aliphatic carbocycles. The molecule has 1 N–H and O–H groups in total. The quantitative estimate of drug-likeness (QED) is 0.776. The van der Waals surface area contributed by atoms with Gasteiger partial charge in [0.05, 0.1) is 0 Å². The van der Waals surface area contributed by atoms with Gasteiger partial charge in [-0.3, -0.25) is 0 Å². The van der Waals surface area contributed by atoms with E-state index < -0.39 is 0 Å². The molecule has 2 aliphatic rings. The lowest BCUT2D eigenvalue weighted by Gasteiger charge is -2.59. The van der Waals surface area contributed by atoms with E-state index in [9.17, 15) is 5.11 Å². The molecule has 2 saturated carbocycles. The molecule has 106 valence electrons. The first kappa shape index (κ1) is 14.4. The zero-order valence-electron chi connectivity index (χ0n) is 12.8. The minimum atomic E-state index is 0.379. The van der Waals surface area contributed by atoms with Crippen LogP contribution in [0.4, 0.5) is 0 Å². The molecular formula is C17H32O. The number of hydrogen-bond acceptors (Lipinski definition) is 1. The topological polar surface area (TPSA) is 20.2 Å².